The molecular weight excluding hydrogens is 239 g/mol. The van der Waals surface area contributed by atoms with Crippen LogP contribution in [0.25, 0.3) is 6.08 Å². The van der Waals surface area contributed by atoms with Gasteiger partial charge in [-0.25, -0.2) is 4.39 Å². The van der Waals surface area contributed by atoms with Gasteiger partial charge >= 0.3 is 0 Å². The van der Waals surface area contributed by atoms with Crippen molar-refractivity contribution >= 4 is 6.08 Å². The van der Waals surface area contributed by atoms with Gasteiger partial charge in [0, 0.05) is 19.1 Å². The van der Waals surface area contributed by atoms with Crippen LogP contribution in [0.1, 0.15) is 18.4 Å². The molecule has 1 saturated heterocycles. The zero-order valence-corrected chi connectivity index (χ0v) is 11.8. The number of benzene rings is 1. The minimum atomic E-state index is -0.182. The Labute approximate surface area is 115 Å². The predicted octanol–water partition coefficient (Wildman–Crippen LogP) is 2.86. The highest BCUT2D eigenvalue weighted by Crippen LogP contribution is 2.15. The van der Waals surface area contributed by atoms with E-state index in [1.807, 2.05) is 6.08 Å². The van der Waals surface area contributed by atoms with Crippen molar-refractivity contribution in [1.82, 2.24) is 9.80 Å². The summed E-state index contributed by atoms with van der Waals surface area (Å²) in [6, 6.07) is 7.30. The maximum absolute atomic E-state index is 12.8. The summed E-state index contributed by atoms with van der Waals surface area (Å²) >= 11 is 0. The molecular formula is C16H23FN2. The van der Waals surface area contributed by atoms with Crippen molar-refractivity contribution in [2.24, 2.45) is 0 Å². The first kappa shape index (κ1) is 14.2. The van der Waals surface area contributed by atoms with Gasteiger partial charge in [-0.2, -0.15) is 0 Å². The zero-order chi connectivity index (χ0) is 13.7. The number of hydrogen-bond acceptors (Lipinski definition) is 2. The quantitative estimate of drug-likeness (QED) is 0.805. The molecule has 1 heterocycles. The second-order valence-electron chi connectivity index (χ2n) is 5.45. The molecule has 1 fully saturated rings. The van der Waals surface area contributed by atoms with Crippen LogP contribution in [0, 0.1) is 5.82 Å². The molecule has 1 unspecified atom stereocenters. The molecule has 0 N–H and O–H groups in total. The Kier molecular flexibility index (Phi) is 5.11. The average Bonchev–Trinajstić information content (AvgIpc) is 2.78. The maximum atomic E-state index is 12.8. The maximum Gasteiger partial charge on any atom is 0.123 e. The normalized spacial score (nSPS) is 20.7. The van der Waals surface area contributed by atoms with E-state index in [1.165, 1.54) is 31.5 Å². The first-order valence-electron chi connectivity index (χ1n) is 6.96. The van der Waals surface area contributed by atoms with Crippen molar-refractivity contribution in [1.29, 1.82) is 0 Å². The van der Waals surface area contributed by atoms with Crippen LogP contribution >= 0.6 is 0 Å². The summed E-state index contributed by atoms with van der Waals surface area (Å²) in [5.41, 5.74) is 1.05. The third-order valence-electron chi connectivity index (χ3n) is 3.79. The topological polar surface area (TPSA) is 6.48 Å². The molecule has 0 bridgehead atoms. The van der Waals surface area contributed by atoms with Gasteiger partial charge in [0.25, 0.3) is 0 Å². The highest BCUT2D eigenvalue weighted by Gasteiger charge is 2.21. The Morgan fingerprint density at radius 1 is 1.37 bits per heavy atom. The molecule has 1 aliphatic rings. The molecule has 1 aliphatic heterocycles. The Morgan fingerprint density at radius 3 is 2.74 bits per heavy atom. The minimum absolute atomic E-state index is 0.182. The smallest absolute Gasteiger partial charge is 0.123 e. The van der Waals surface area contributed by atoms with Crippen LogP contribution in [-0.4, -0.2) is 49.6 Å². The van der Waals surface area contributed by atoms with E-state index in [1.54, 1.807) is 12.1 Å². The molecule has 1 aromatic carbocycles. The van der Waals surface area contributed by atoms with E-state index in [-0.39, 0.29) is 5.82 Å². The summed E-state index contributed by atoms with van der Waals surface area (Å²) in [4.78, 5) is 4.78. The number of hydrogen-bond donors (Lipinski definition) is 0. The molecule has 0 spiro atoms. The van der Waals surface area contributed by atoms with Gasteiger partial charge in [0.05, 0.1) is 0 Å². The van der Waals surface area contributed by atoms with Crippen molar-refractivity contribution in [2.75, 3.05) is 33.7 Å². The Morgan fingerprint density at radius 2 is 2.11 bits per heavy atom. The van der Waals surface area contributed by atoms with Gasteiger partial charge < -0.3 is 9.80 Å². The molecule has 19 heavy (non-hydrogen) atoms. The van der Waals surface area contributed by atoms with Gasteiger partial charge in [-0.1, -0.05) is 24.3 Å². The van der Waals surface area contributed by atoms with Crippen LogP contribution in [0.5, 0.6) is 0 Å². The second-order valence-corrected chi connectivity index (χ2v) is 5.45. The Bertz CT molecular complexity index is 413. The van der Waals surface area contributed by atoms with E-state index < -0.39 is 0 Å². The summed E-state index contributed by atoms with van der Waals surface area (Å²) in [6.45, 7) is 3.27. The van der Waals surface area contributed by atoms with Gasteiger partial charge in [-0.15, -0.1) is 0 Å². The summed E-state index contributed by atoms with van der Waals surface area (Å²) in [7, 11) is 4.36. The van der Waals surface area contributed by atoms with Crippen molar-refractivity contribution in [3.63, 3.8) is 0 Å². The molecule has 2 nitrogen and oxygen atoms in total. The summed E-state index contributed by atoms with van der Waals surface area (Å²) in [6.07, 6.45) is 6.82. The van der Waals surface area contributed by atoms with Gasteiger partial charge in [-0.05, 0) is 51.2 Å². The van der Waals surface area contributed by atoms with Crippen molar-refractivity contribution in [3.8, 4) is 0 Å². The molecule has 0 saturated carbocycles. The zero-order valence-electron chi connectivity index (χ0n) is 11.8. The van der Waals surface area contributed by atoms with Gasteiger partial charge in [0.15, 0.2) is 0 Å². The highest BCUT2D eigenvalue weighted by atomic mass is 19.1. The predicted molar refractivity (Wildman–Crippen MR) is 78.6 cm³/mol. The number of rotatable bonds is 5. The molecule has 0 radical (unpaired) electrons. The lowest BCUT2D eigenvalue weighted by Crippen LogP contribution is -2.36. The van der Waals surface area contributed by atoms with Gasteiger partial charge in [0.1, 0.15) is 5.82 Å². The fraction of sp³-hybridized carbons (Fsp3) is 0.500. The SMILES string of the molecule is CN(C/C=C/c1ccc(F)cc1)CC1CCCN1C. The van der Waals surface area contributed by atoms with Crippen LogP contribution in [0.2, 0.25) is 0 Å². The molecule has 0 aromatic heterocycles. The molecule has 2 rings (SSSR count). The van der Waals surface area contributed by atoms with Crippen LogP contribution in [-0.2, 0) is 0 Å². The largest absolute Gasteiger partial charge is 0.302 e. The first-order chi connectivity index (χ1) is 9.15. The lowest BCUT2D eigenvalue weighted by molar-refractivity contribution is 0.232. The number of halogens is 1. The lowest BCUT2D eigenvalue weighted by Gasteiger charge is -2.24. The molecule has 104 valence electrons. The van der Waals surface area contributed by atoms with E-state index in [4.69, 9.17) is 0 Å². The first-order valence-corrected chi connectivity index (χ1v) is 6.96. The molecule has 3 heteroatoms. The molecule has 1 aromatic rings. The number of likely N-dealkylation sites (tertiary alicyclic amines) is 1. The Hall–Kier alpha value is -1.19. The van der Waals surface area contributed by atoms with E-state index in [2.05, 4.69) is 30.0 Å². The average molecular weight is 262 g/mol. The summed E-state index contributed by atoms with van der Waals surface area (Å²) in [5, 5.41) is 0. The summed E-state index contributed by atoms with van der Waals surface area (Å²) in [5.74, 6) is -0.182. The fourth-order valence-electron chi connectivity index (χ4n) is 2.59. The van der Waals surface area contributed by atoms with Crippen molar-refractivity contribution < 1.29 is 4.39 Å². The monoisotopic (exact) mass is 262 g/mol. The highest BCUT2D eigenvalue weighted by molar-refractivity contribution is 5.48. The second kappa shape index (κ2) is 6.83. The van der Waals surface area contributed by atoms with E-state index in [0.717, 1.165) is 18.7 Å². The van der Waals surface area contributed by atoms with E-state index in [0.29, 0.717) is 6.04 Å². The standard InChI is InChI=1S/C16H23FN2/c1-18(13-16-6-4-12-19(16)2)11-3-5-14-7-9-15(17)10-8-14/h3,5,7-10,16H,4,6,11-13H2,1-2H3/b5-3+. The van der Waals surface area contributed by atoms with Crippen LogP contribution < -0.4 is 0 Å². The van der Waals surface area contributed by atoms with Crippen LogP contribution in [0.4, 0.5) is 4.39 Å². The third-order valence-corrected chi connectivity index (χ3v) is 3.79. The lowest BCUT2D eigenvalue weighted by atomic mass is 10.2. The van der Waals surface area contributed by atoms with Gasteiger partial charge in [0.2, 0.25) is 0 Å². The van der Waals surface area contributed by atoms with E-state index in [9.17, 15) is 4.39 Å². The van der Waals surface area contributed by atoms with Crippen LogP contribution in [0.15, 0.2) is 30.3 Å². The third kappa shape index (κ3) is 4.44. The minimum Gasteiger partial charge on any atom is -0.302 e. The summed E-state index contributed by atoms with van der Waals surface area (Å²) < 4.78 is 12.8. The Balaban J connectivity index is 1.76. The van der Waals surface area contributed by atoms with E-state index >= 15 is 0 Å². The molecule has 0 aliphatic carbocycles. The van der Waals surface area contributed by atoms with Crippen LogP contribution in [0.3, 0.4) is 0 Å². The van der Waals surface area contributed by atoms with Crippen molar-refractivity contribution in [2.45, 2.75) is 18.9 Å². The van der Waals surface area contributed by atoms with Gasteiger partial charge in [-0.3, -0.25) is 0 Å². The number of likely N-dealkylation sites (N-methyl/N-ethyl adjacent to an activating group) is 2. The number of nitrogens with zero attached hydrogens (tertiary/aromatic N) is 2. The fourth-order valence-corrected chi connectivity index (χ4v) is 2.59. The van der Waals surface area contributed by atoms with Crippen molar-refractivity contribution in [3.05, 3.63) is 41.7 Å². The molecule has 0 amide bonds. The molecule has 1 atom stereocenters.